The van der Waals surface area contributed by atoms with Gasteiger partial charge in [-0.2, -0.15) is 5.26 Å². The number of rotatable bonds is 2. The number of hydrogen-bond acceptors (Lipinski definition) is 4. The van der Waals surface area contributed by atoms with Gasteiger partial charge in [0.15, 0.2) is 11.3 Å². The van der Waals surface area contributed by atoms with Gasteiger partial charge in [-0.3, -0.25) is 10.0 Å². The van der Waals surface area contributed by atoms with Crippen LogP contribution in [0.5, 0.6) is 0 Å². The Bertz CT molecular complexity index is 301. The fourth-order valence-electron chi connectivity index (χ4n) is 0.323. The lowest BCUT2D eigenvalue weighted by molar-refractivity contribution is 0.583. The van der Waals surface area contributed by atoms with Gasteiger partial charge in [0.2, 0.25) is 10.0 Å². The van der Waals surface area contributed by atoms with Crippen molar-refractivity contribution >= 4 is 27.4 Å². The van der Waals surface area contributed by atoms with Crippen LogP contribution in [0.25, 0.3) is 0 Å². The summed E-state index contributed by atoms with van der Waals surface area (Å²) in [6.45, 7) is 3.02. The molecule has 68 valence electrons. The Labute approximate surface area is 76.8 Å². The first-order chi connectivity index (χ1) is 5.40. The van der Waals surface area contributed by atoms with Gasteiger partial charge in [0, 0.05) is 0 Å². The van der Waals surface area contributed by atoms with Gasteiger partial charge in [-0.1, -0.05) is 0 Å². The summed E-state index contributed by atoms with van der Waals surface area (Å²) in [5.41, 5.74) is 0. The molecule has 0 aliphatic carbocycles. The number of sulfonamides is 1. The summed E-state index contributed by atoms with van der Waals surface area (Å²) in [6, 6.07) is 0. The van der Waals surface area contributed by atoms with E-state index >= 15 is 0 Å². The maximum Gasteiger partial charge on any atom is 0.236 e. The molecule has 0 fully saturated rings. The molecule has 0 unspecified atom stereocenters. The highest BCUT2D eigenvalue weighted by Crippen LogP contribution is 1.94. The van der Waals surface area contributed by atoms with Crippen LogP contribution in [0.2, 0.25) is 0 Å². The van der Waals surface area contributed by atoms with Crippen LogP contribution in [0.4, 0.5) is 0 Å². The zero-order valence-corrected chi connectivity index (χ0v) is 8.29. The minimum atomic E-state index is -3.42. The van der Waals surface area contributed by atoms with Gasteiger partial charge in [-0.25, -0.2) is 8.42 Å². The lowest BCUT2D eigenvalue weighted by Crippen LogP contribution is -2.40. The van der Waals surface area contributed by atoms with Crippen molar-refractivity contribution in [2.45, 2.75) is 19.1 Å². The predicted octanol–water partition coefficient (Wildman–Crippen LogP) is -0.330. The van der Waals surface area contributed by atoms with E-state index in [1.165, 1.54) is 20.0 Å². The van der Waals surface area contributed by atoms with E-state index in [4.69, 9.17) is 5.26 Å². The average molecular weight is 207 g/mol. The number of nitrogens with one attached hydrogen (secondary N) is 2. The second kappa shape index (κ2) is 4.23. The molecule has 0 aromatic heterocycles. The third kappa shape index (κ3) is 3.50. The lowest BCUT2D eigenvalue weighted by Gasteiger charge is -2.09. The topological polar surface area (TPSA) is 82.0 Å². The number of thiocarbonyl (C=S) groups is 1. The quantitative estimate of drug-likeness (QED) is 0.368. The van der Waals surface area contributed by atoms with Gasteiger partial charge >= 0.3 is 0 Å². The van der Waals surface area contributed by atoms with Crippen LogP contribution in [0.1, 0.15) is 13.8 Å². The Morgan fingerprint density at radius 3 is 2.42 bits per heavy atom. The molecule has 0 aromatic rings. The molecule has 2 N–H and O–H groups in total. The van der Waals surface area contributed by atoms with Crippen molar-refractivity contribution in [3.05, 3.63) is 0 Å². The van der Waals surface area contributed by atoms with Crippen LogP contribution in [0.15, 0.2) is 0 Å². The highest BCUT2D eigenvalue weighted by atomic mass is 32.2. The van der Waals surface area contributed by atoms with E-state index < -0.39 is 15.3 Å². The largest absolute Gasteiger partial charge is 0.269 e. The fraction of sp³-hybridized carbons (Fsp3) is 0.600. The molecule has 0 saturated heterocycles. The molecule has 5 nitrogen and oxygen atoms in total. The summed E-state index contributed by atoms with van der Waals surface area (Å²) < 4.78 is 24.2. The normalized spacial score (nSPS) is 10.5. The number of hydrogen-bond donors (Lipinski definition) is 2. The minimum absolute atomic E-state index is 0.203. The molecule has 0 bridgehead atoms. The van der Waals surface area contributed by atoms with Crippen molar-refractivity contribution in [1.82, 2.24) is 10.0 Å². The van der Waals surface area contributed by atoms with Gasteiger partial charge in [0.05, 0.1) is 5.25 Å². The van der Waals surface area contributed by atoms with Crippen LogP contribution in [0, 0.1) is 11.5 Å². The minimum Gasteiger partial charge on any atom is -0.269 e. The zero-order valence-electron chi connectivity index (χ0n) is 6.66. The third-order valence-corrected chi connectivity index (χ3v) is 3.09. The van der Waals surface area contributed by atoms with E-state index in [0.29, 0.717) is 0 Å². The molecule has 0 amide bonds. The molecule has 0 heterocycles. The second-order valence-electron chi connectivity index (χ2n) is 2.26. The standard InChI is InChI=1S/C5H9N3O2S2/c1-4(2)12(9,10)8-5(11)7-3-6/h4H,1-2H3,(H2,7,8,11). The Morgan fingerprint density at radius 2 is 2.08 bits per heavy atom. The Kier molecular flexibility index (Phi) is 3.92. The Hall–Kier alpha value is -0.870. The summed E-state index contributed by atoms with van der Waals surface area (Å²) in [4.78, 5) is 0. The monoisotopic (exact) mass is 207 g/mol. The van der Waals surface area contributed by atoms with Gasteiger partial charge in [0.1, 0.15) is 0 Å². The zero-order chi connectivity index (χ0) is 9.78. The molecule has 0 aromatic carbocycles. The SMILES string of the molecule is CC(C)S(=O)(=O)NC(=S)NC#N. The van der Waals surface area contributed by atoms with Gasteiger partial charge in [0.25, 0.3) is 0 Å². The maximum atomic E-state index is 11.1. The molecule has 12 heavy (non-hydrogen) atoms. The van der Waals surface area contributed by atoms with E-state index in [2.05, 4.69) is 12.2 Å². The molecule has 0 aliphatic heterocycles. The average Bonchev–Trinajstić information content (AvgIpc) is 1.85. The van der Waals surface area contributed by atoms with Crippen molar-refractivity contribution in [2.24, 2.45) is 0 Å². The summed E-state index contributed by atoms with van der Waals surface area (Å²) in [6.07, 6.45) is 1.51. The maximum absolute atomic E-state index is 11.1. The van der Waals surface area contributed by atoms with Gasteiger partial charge < -0.3 is 0 Å². The van der Waals surface area contributed by atoms with Crippen molar-refractivity contribution in [2.75, 3.05) is 0 Å². The van der Waals surface area contributed by atoms with Gasteiger partial charge in [-0.05, 0) is 26.1 Å². The fourth-order valence-corrected chi connectivity index (χ4v) is 1.26. The van der Waals surface area contributed by atoms with Crippen molar-refractivity contribution < 1.29 is 8.42 Å². The summed E-state index contributed by atoms with van der Waals surface area (Å²) >= 11 is 4.50. The molecule has 0 spiro atoms. The molecule has 0 rings (SSSR count). The summed E-state index contributed by atoms with van der Waals surface area (Å²) in [7, 11) is -3.42. The number of nitrogens with zero attached hydrogens (tertiary/aromatic N) is 1. The highest BCUT2D eigenvalue weighted by Gasteiger charge is 2.16. The number of nitriles is 1. The molecular formula is C5H9N3O2S2. The van der Waals surface area contributed by atoms with E-state index in [1.807, 2.05) is 10.0 Å². The van der Waals surface area contributed by atoms with E-state index in [1.54, 1.807) is 0 Å². The van der Waals surface area contributed by atoms with E-state index in [0.717, 1.165) is 0 Å². The lowest BCUT2D eigenvalue weighted by atomic mass is 10.6. The molecule has 0 atom stereocenters. The molecule has 7 heteroatoms. The summed E-state index contributed by atoms with van der Waals surface area (Å²) in [5, 5.41) is 9.32. The smallest absolute Gasteiger partial charge is 0.236 e. The molecule has 0 saturated carbocycles. The Balaban J connectivity index is 4.29. The molecular weight excluding hydrogens is 198 g/mol. The van der Waals surface area contributed by atoms with Gasteiger partial charge in [-0.15, -0.1) is 0 Å². The van der Waals surface area contributed by atoms with Crippen LogP contribution in [-0.4, -0.2) is 18.8 Å². The van der Waals surface area contributed by atoms with Crippen molar-refractivity contribution in [3.8, 4) is 6.19 Å². The molecule has 0 radical (unpaired) electrons. The Morgan fingerprint density at radius 1 is 1.58 bits per heavy atom. The van der Waals surface area contributed by atoms with Crippen LogP contribution in [0.3, 0.4) is 0 Å². The highest BCUT2D eigenvalue weighted by molar-refractivity contribution is 7.92. The molecule has 0 aliphatic rings. The van der Waals surface area contributed by atoms with E-state index in [-0.39, 0.29) is 5.11 Å². The second-order valence-corrected chi connectivity index (χ2v) is 4.91. The summed E-state index contributed by atoms with van der Waals surface area (Å²) in [5.74, 6) is 0. The first-order valence-corrected chi connectivity index (χ1v) is 5.06. The van der Waals surface area contributed by atoms with Crippen molar-refractivity contribution in [1.29, 1.82) is 5.26 Å². The first-order valence-electron chi connectivity index (χ1n) is 3.11. The predicted molar refractivity (Wildman–Crippen MR) is 48.5 cm³/mol. The van der Waals surface area contributed by atoms with Crippen LogP contribution < -0.4 is 10.0 Å². The van der Waals surface area contributed by atoms with E-state index in [9.17, 15) is 8.42 Å². The van der Waals surface area contributed by atoms with Crippen molar-refractivity contribution in [3.63, 3.8) is 0 Å². The first kappa shape index (κ1) is 11.1. The third-order valence-electron chi connectivity index (χ3n) is 1.02. The van der Waals surface area contributed by atoms with Crippen LogP contribution in [-0.2, 0) is 10.0 Å². The van der Waals surface area contributed by atoms with Crippen LogP contribution >= 0.6 is 12.2 Å².